The molecule has 0 fully saturated rings. The van der Waals surface area contributed by atoms with Crippen LogP contribution in [-0.2, 0) is 0 Å². The molecule has 0 nitrogen and oxygen atoms in total. The van der Waals surface area contributed by atoms with Crippen LogP contribution in [0.4, 0.5) is 0 Å². The third-order valence-electron chi connectivity index (χ3n) is 14.5. The van der Waals surface area contributed by atoms with E-state index in [0.717, 1.165) is 0 Å². The first kappa shape index (κ1) is 38.4. The summed E-state index contributed by atoms with van der Waals surface area (Å²) in [6.07, 6.45) is 0. The standard InChI is InChI=1S/C68H42/c1-3-16-45-36-48(30-28-43(45)14-1)47-20-13-21-53(38-47)67-61-34-32-52(64-40-50-19-6-8-23-56(50)58-25-10-12-27-60(58)64)42-66(61)68(54-31-29-44-15-2-4-17-46(44)37-54)62-35-33-51(41-65(62)67)63-39-49-18-5-7-22-55(49)57-24-9-11-26-59(57)63/h1-42H. The molecule has 0 heteroatoms. The van der Waals surface area contributed by atoms with Crippen LogP contribution in [0.15, 0.2) is 255 Å². The Morgan fingerprint density at radius 2 is 0.515 bits per heavy atom. The van der Waals surface area contributed by atoms with Gasteiger partial charge in [0, 0.05) is 0 Å². The van der Waals surface area contributed by atoms with Crippen molar-refractivity contribution in [2.24, 2.45) is 0 Å². The van der Waals surface area contributed by atoms with Crippen LogP contribution < -0.4 is 0 Å². The monoisotopic (exact) mass is 858 g/mol. The molecule has 0 N–H and O–H groups in total. The van der Waals surface area contributed by atoms with Crippen molar-refractivity contribution in [3.8, 4) is 55.6 Å². The number of hydrogen-bond acceptors (Lipinski definition) is 0. The highest BCUT2D eigenvalue weighted by Gasteiger charge is 2.21. The number of benzene rings is 14. The lowest BCUT2D eigenvalue weighted by Gasteiger charge is -2.21. The van der Waals surface area contributed by atoms with Gasteiger partial charge in [0.2, 0.25) is 0 Å². The van der Waals surface area contributed by atoms with Crippen LogP contribution in [0, 0.1) is 0 Å². The van der Waals surface area contributed by atoms with Gasteiger partial charge in [-0.05, 0) is 184 Å². The second-order valence-electron chi connectivity index (χ2n) is 18.4. The minimum atomic E-state index is 1.19. The van der Waals surface area contributed by atoms with Gasteiger partial charge in [0.25, 0.3) is 0 Å². The Labute approximate surface area is 394 Å². The maximum atomic E-state index is 2.48. The third-order valence-corrected chi connectivity index (χ3v) is 14.5. The van der Waals surface area contributed by atoms with Gasteiger partial charge in [-0.15, -0.1) is 0 Å². The predicted molar refractivity (Wildman–Crippen MR) is 294 cm³/mol. The van der Waals surface area contributed by atoms with E-state index in [-0.39, 0.29) is 0 Å². The van der Waals surface area contributed by atoms with Gasteiger partial charge < -0.3 is 0 Å². The minimum Gasteiger partial charge on any atom is -0.0616 e. The van der Waals surface area contributed by atoms with Crippen LogP contribution in [0.3, 0.4) is 0 Å². The summed E-state index contributed by atoms with van der Waals surface area (Å²) in [5, 5.41) is 20.0. The fourth-order valence-corrected chi connectivity index (χ4v) is 11.3. The molecule has 14 aromatic rings. The van der Waals surface area contributed by atoms with Crippen molar-refractivity contribution in [2.45, 2.75) is 0 Å². The fraction of sp³-hybridized carbons (Fsp3) is 0. The molecule has 0 amide bonds. The largest absolute Gasteiger partial charge is 0.0616 e. The van der Waals surface area contributed by atoms with Gasteiger partial charge in [0.1, 0.15) is 0 Å². The van der Waals surface area contributed by atoms with E-state index in [2.05, 4.69) is 255 Å². The Balaban J connectivity index is 1.11. The summed E-state index contributed by atoms with van der Waals surface area (Å²) >= 11 is 0. The van der Waals surface area contributed by atoms with E-state index in [0.29, 0.717) is 0 Å². The van der Waals surface area contributed by atoms with Crippen LogP contribution in [0.25, 0.3) is 142 Å². The molecule has 0 radical (unpaired) electrons. The van der Waals surface area contributed by atoms with Crippen LogP contribution in [0.5, 0.6) is 0 Å². The van der Waals surface area contributed by atoms with Gasteiger partial charge in [-0.2, -0.15) is 0 Å². The van der Waals surface area contributed by atoms with Crippen LogP contribution in [-0.4, -0.2) is 0 Å². The fourth-order valence-electron chi connectivity index (χ4n) is 11.3. The topological polar surface area (TPSA) is 0 Å². The van der Waals surface area contributed by atoms with Crippen molar-refractivity contribution in [3.05, 3.63) is 255 Å². The second kappa shape index (κ2) is 15.4. The third kappa shape index (κ3) is 6.15. The first-order valence-corrected chi connectivity index (χ1v) is 23.6. The lowest BCUT2D eigenvalue weighted by Crippen LogP contribution is -1.94. The summed E-state index contributed by atoms with van der Waals surface area (Å²) in [6.45, 7) is 0. The molecule has 68 heavy (non-hydrogen) atoms. The van der Waals surface area contributed by atoms with Crippen molar-refractivity contribution >= 4 is 86.2 Å². The summed E-state index contributed by atoms with van der Waals surface area (Å²) in [4.78, 5) is 0. The average molecular weight is 859 g/mol. The maximum Gasteiger partial charge on any atom is -0.00259 e. The smallest absolute Gasteiger partial charge is 0.00259 e. The molecule has 0 unspecified atom stereocenters. The predicted octanol–water partition coefficient (Wildman–Crippen LogP) is 19.2. The minimum absolute atomic E-state index is 1.19. The normalized spacial score (nSPS) is 11.8. The first-order chi connectivity index (χ1) is 33.7. The molecule has 0 aliphatic carbocycles. The Morgan fingerprint density at radius 1 is 0.147 bits per heavy atom. The molecule has 0 heterocycles. The molecule has 0 aliphatic rings. The molecule has 0 atom stereocenters. The molecule has 0 spiro atoms. The van der Waals surface area contributed by atoms with Crippen molar-refractivity contribution in [1.82, 2.24) is 0 Å². The van der Waals surface area contributed by atoms with Crippen molar-refractivity contribution in [2.75, 3.05) is 0 Å². The molecule has 14 aromatic carbocycles. The summed E-state index contributed by atoms with van der Waals surface area (Å²) in [5.74, 6) is 0. The number of fused-ring (bicyclic) bond motifs is 10. The molecular formula is C68H42. The quantitative estimate of drug-likeness (QED) is 0.119. The Kier molecular flexibility index (Phi) is 8.69. The van der Waals surface area contributed by atoms with Crippen LogP contribution in [0.2, 0.25) is 0 Å². The van der Waals surface area contributed by atoms with Gasteiger partial charge >= 0.3 is 0 Å². The van der Waals surface area contributed by atoms with E-state index in [1.54, 1.807) is 0 Å². The SMILES string of the molecule is c1cc(-c2ccc3ccccc3c2)cc(-c2c3ccc(-c4cc5ccccc5c5ccccc45)cc3c(-c3ccc4ccccc4c3)c3ccc(-c4cc5ccccc5c5ccccc45)cc23)c1. The first-order valence-electron chi connectivity index (χ1n) is 23.6. The summed E-state index contributed by atoms with van der Waals surface area (Å²) < 4.78 is 0. The average Bonchev–Trinajstić information content (AvgIpc) is 3.41. The lowest BCUT2D eigenvalue weighted by molar-refractivity contribution is 1.62. The van der Waals surface area contributed by atoms with Crippen LogP contribution >= 0.6 is 0 Å². The van der Waals surface area contributed by atoms with E-state index in [9.17, 15) is 0 Å². The van der Waals surface area contributed by atoms with Crippen molar-refractivity contribution < 1.29 is 0 Å². The Morgan fingerprint density at radius 3 is 1.04 bits per heavy atom. The van der Waals surface area contributed by atoms with Gasteiger partial charge in [0.05, 0.1) is 0 Å². The highest BCUT2D eigenvalue weighted by atomic mass is 14.2. The number of hydrogen-bond donors (Lipinski definition) is 0. The Hall–Kier alpha value is -8.84. The molecule has 0 saturated heterocycles. The second-order valence-corrected chi connectivity index (χ2v) is 18.4. The molecule has 0 saturated carbocycles. The highest BCUT2D eigenvalue weighted by Crippen LogP contribution is 2.48. The molecule has 14 rings (SSSR count). The van der Waals surface area contributed by atoms with Crippen LogP contribution in [0.1, 0.15) is 0 Å². The Bertz CT molecular complexity index is 4380. The zero-order chi connectivity index (χ0) is 44.7. The van der Waals surface area contributed by atoms with E-state index < -0.39 is 0 Å². The summed E-state index contributed by atoms with van der Waals surface area (Å²) in [6, 6.07) is 95.2. The van der Waals surface area contributed by atoms with E-state index >= 15 is 0 Å². The highest BCUT2D eigenvalue weighted by molar-refractivity contribution is 6.24. The molecular weight excluding hydrogens is 817 g/mol. The van der Waals surface area contributed by atoms with Crippen molar-refractivity contribution in [1.29, 1.82) is 0 Å². The van der Waals surface area contributed by atoms with E-state index in [1.165, 1.54) is 142 Å². The molecule has 314 valence electrons. The molecule has 0 bridgehead atoms. The van der Waals surface area contributed by atoms with Gasteiger partial charge in [-0.25, -0.2) is 0 Å². The zero-order valence-corrected chi connectivity index (χ0v) is 37.2. The van der Waals surface area contributed by atoms with E-state index in [4.69, 9.17) is 0 Å². The van der Waals surface area contributed by atoms with Crippen molar-refractivity contribution in [3.63, 3.8) is 0 Å². The zero-order valence-electron chi connectivity index (χ0n) is 37.2. The van der Waals surface area contributed by atoms with Gasteiger partial charge in [-0.1, -0.05) is 212 Å². The van der Waals surface area contributed by atoms with E-state index in [1.807, 2.05) is 0 Å². The maximum absolute atomic E-state index is 2.48. The summed E-state index contributed by atoms with van der Waals surface area (Å²) in [5.41, 5.74) is 12.2. The van der Waals surface area contributed by atoms with Gasteiger partial charge in [0.15, 0.2) is 0 Å². The molecule has 0 aromatic heterocycles. The lowest BCUT2D eigenvalue weighted by atomic mass is 9.82. The summed E-state index contributed by atoms with van der Waals surface area (Å²) in [7, 11) is 0. The van der Waals surface area contributed by atoms with Gasteiger partial charge in [-0.3, -0.25) is 0 Å². The number of rotatable bonds is 5. The molecule has 0 aliphatic heterocycles.